The first kappa shape index (κ1) is 11.2. The normalized spacial score (nSPS) is 10.0. The molecule has 0 saturated carbocycles. The summed E-state index contributed by atoms with van der Waals surface area (Å²) < 4.78 is 18.5. The van der Waals surface area contributed by atoms with Crippen molar-refractivity contribution >= 4 is 5.97 Å². The van der Waals surface area contributed by atoms with Gasteiger partial charge in [0.15, 0.2) is 5.82 Å². The highest BCUT2D eigenvalue weighted by molar-refractivity contribution is 5.90. The van der Waals surface area contributed by atoms with Crippen LogP contribution < -0.4 is 0 Å². The second-order valence-electron chi connectivity index (χ2n) is 3.25. The Morgan fingerprint density at radius 3 is 2.59 bits per heavy atom. The van der Waals surface area contributed by atoms with Gasteiger partial charge in [-0.15, -0.1) is 0 Å². The van der Waals surface area contributed by atoms with Crippen molar-refractivity contribution in [3.63, 3.8) is 0 Å². The van der Waals surface area contributed by atoms with Crippen LogP contribution in [0.5, 0.6) is 0 Å². The van der Waals surface area contributed by atoms with Crippen LogP contribution in [0.15, 0.2) is 36.8 Å². The number of esters is 1. The number of rotatable bonds is 2. The number of methoxy groups -OCH3 is 1. The molecule has 0 fully saturated rings. The molecule has 0 aliphatic heterocycles. The summed E-state index contributed by atoms with van der Waals surface area (Å²) in [7, 11) is 1.20. The summed E-state index contributed by atoms with van der Waals surface area (Å²) in [4.78, 5) is 19.1. The maximum absolute atomic E-state index is 14.0. The van der Waals surface area contributed by atoms with Crippen LogP contribution in [-0.2, 0) is 4.74 Å². The van der Waals surface area contributed by atoms with Gasteiger partial charge < -0.3 is 4.74 Å². The molecule has 86 valence electrons. The first-order valence-electron chi connectivity index (χ1n) is 4.87. The van der Waals surface area contributed by atoms with Crippen molar-refractivity contribution in [2.45, 2.75) is 0 Å². The van der Waals surface area contributed by atoms with Crippen LogP contribution >= 0.6 is 0 Å². The average molecular weight is 232 g/mol. The number of carbonyl (C=O) groups is 1. The van der Waals surface area contributed by atoms with E-state index in [1.807, 2.05) is 0 Å². The molecule has 0 radical (unpaired) electrons. The summed E-state index contributed by atoms with van der Waals surface area (Å²) in [6, 6.07) is 4.52. The van der Waals surface area contributed by atoms with E-state index in [2.05, 4.69) is 14.7 Å². The zero-order chi connectivity index (χ0) is 12.3. The quantitative estimate of drug-likeness (QED) is 0.744. The van der Waals surface area contributed by atoms with Crippen molar-refractivity contribution in [2.24, 2.45) is 0 Å². The number of hydrogen-bond donors (Lipinski definition) is 0. The molecule has 0 bridgehead atoms. The summed E-state index contributed by atoms with van der Waals surface area (Å²) in [5.41, 5.74) is 0.535. The largest absolute Gasteiger partial charge is 0.465 e. The van der Waals surface area contributed by atoms with Gasteiger partial charge in [0.1, 0.15) is 5.69 Å². The summed E-state index contributed by atoms with van der Waals surface area (Å²) in [6.07, 6.45) is 4.42. The monoisotopic (exact) mass is 232 g/mol. The van der Waals surface area contributed by atoms with Crippen molar-refractivity contribution in [3.8, 4) is 11.3 Å². The molecular weight excluding hydrogens is 223 g/mol. The molecule has 0 N–H and O–H groups in total. The van der Waals surface area contributed by atoms with Gasteiger partial charge in [-0.3, -0.25) is 9.97 Å². The predicted molar refractivity (Wildman–Crippen MR) is 58.8 cm³/mol. The fourth-order valence-electron chi connectivity index (χ4n) is 1.42. The van der Waals surface area contributed by atoms with Gasteiger partial charge in [-0.05, 0) is 18.2 Å². The SMILES string of the molecule is COC(=O)c1ccnc(-c2ccncc2)c1F. The minimum atomic E-state index is -0.722. The zero-order valence-corrected chi connectivity index (χ0v) is 9.05. The van der Waals surface area contributed by atoms with E-state index >= 15 is 0 Å². The maximum atomic E-state index is 14.0. The van der Waals surface area contributed by atoms with E-state index in [0.29, 0.717) is 5.56 Å². The minimum absolute atomic E-state index is 0.107. The molecule has 0 aromatic carbocycles. The lowest BCUT2D eigenvalue weighted by molar-refractivity contribution is 0.0595. The fourth-order valence-corrected chi connectivity index (χ4v) is 1.42. The number of pyridine rings is 2. The Morgan fingerprint density at radius 2 is 1.94 bits per heavy atom. The van der Waals surface area contributed by atoms with Crippen LogP contribution in [0.25, 0.3) is 11.3 Å². The zero-order valence-electron chi connectivity index (χ0n) is 9.05. The summed E-state index contributed by atoms with van der Waals surface area (Å²) in [5, 5.41) is 0. The second kappa shape index (κ2) is 4.69. The molecule has 0 unspecified atom stereocenters. The smallest absolute Gasteiger partial charge is 0.340 e. The summed E-state index contributed by atoms with van der Waals surface area (Å²) in [6.45, 7) is 0. The van der Waals surface area contributed by atoms with Crippen molar-refractivity contribution in [1.82, 2.24) is 9.97 Å². The lowest BCUT2D eigenvalue weighted by atomic mass is 10.1. The Labute approximate surface area is 97.1 Å². The van der Waals surface area contributed by atoms with Gasteiger partial charge in [-0.25, -0.2) is 9.18 Å². The molecule has 0 atom stereocenters. The van der Waals surface area contributed by atoms with Gasteiger partial charge in [0.25, 0.3) is 0 Å². The van der Waals surface area contributed by atoms with Gasteiger partial charge >= 0.3 is 5.97 Å². The maximum Gasteiger partial charge on any atom is 0.340 e. The molecule has 2 aromatic rings. The Balaban J connectivity index is 2.54. The Kier molecular flexibility index (Phi) is 3.09. The Bertz CT molecular complexity index is 543. The minimum Gasteiger partial charge on any atom is -0.465 e. The molecule has 0 amide bonds. The standard InChI is InChI=1S/C12H9FN2O2/c1-17-12(16)9-4-7-15-11(10(9)13)8-2-5-14-6-3-8/h2-7H,1H3. The third kappa shape index (κ3) is 2.13. The molecular formula is C12H9FN2O2. The molecule has 2 heterocycles. The molecule has 0 aliphatic carbocycles. The fraction of sp³-hybridized carbons (Fsp3) is 0.0833. The van der Waals surface area contributed by atoms with Crippen LogP contribution in [0.4, 0.5) is 4.39 Å². The highest BCUT2D eigenvalue weighted by atomic mass is 19.1. The first-order chi connectivity index (χ1) is 8.24. The number of hydrogen-bond acceptors (Lipinski definition) is 4. The number of nitrogens with zero attached hydrogens (tertiary/aromatic N) is 2. The summed E-state index contributed by atoms with van der Waals surface area (Å²) in [5.74, 6) is -1.41. The molecule has 17 heavy (non-hydrogen) atoms. The van der Waals surface area contributed by atoms with Crippen LogP contribution in [0.1, 0.15) is 10.4 Å². The second-order valence-corrected chi connectivity index (χ2v) is 3.25. The van der Waals surface area contributed by atoms with E-state index in [1.54, 1.807) is 12.1 Å². The highest BCUT2D eigenvalue weighted by Crippen LogP contribution is 2.22. The van der Waals surface area contributed by atoms with Crippen molar-refractivity contribution in [1.29, 1.82) is 0 Å². The van der Waals surface area contributed by atoms with Crippen LogP contribution in [-0.4, -0.2) is 23.0 Å². The van der Waals surface area contributed by atoms with Gasteiger partial charge in [-0.1, -0.05) is 0 Å². The molecule has 0 saturated heterocycles. The van der Waals surface area contributed by atoms with Crippen LogP contribution in [0, 0.1) is 5.82 Å². The highest BCUT2D eigenvalue weighted by Gasteiger charge is 2.17. The topological polar surface area (TPSA) is 52.1 Å². The van der Waals surface area contributed by atoms with E-state index in [0.717, 1.165) is 0 Å². The van der Waals surface area contributed by atoms with E-state index in [1.165, 1.54) is 31.8 Å². The number of carbonyl (C=O) groups excluding carboxylic acids is 1. The van der Waals surface area contributed by atoms with Gasteiger partial charge in [0.2, 0.25) is 0 Å². The van der Waals surface area contributed by atoms with Crippen molar-refractivity contribution in [2.75, 3.05) is 7.11 Å². The third-order valence-corrected chi connectivity index (χ3v) is 2.25. The Morgan fingerprint density at radius 1 is 1.24 bits per heavy atom. The Hall–Kier alpha value is -2.30. The first-order valence-corrected chi connectivity index (χ1v) is 4.87. The molecule has 4 nitrogen and oxygen atoms in total. The molecule has 5 heteroatoms. The van der Waals surface area contributed by atoms with Gasteiger partial charge in [0.05, 0.1) is 12.7 Å². The predicted octanol–water partition coefficient (Wildman–Crippen LogP) is 2.07. The van der Waals surface area contributed by atoms with Crippen molar-refractivity contribution < 1.29 is 13.9 Å². The van der Waals surface area contributed by atoms with Crippen LogP contribution in [0.2, 0.25) is 0 Å². The van der Waals surface area contributed by atoms with Crippen LogP contribution in [0.3, 0.4) is 0 Å². The summed E-state index contributed by atoms with van der Waals surface area (Å²) >= 11 is 0. The van der Waals surface area contributed by atoms with E-state index in [4.69, 9.17) is 0 Å². The van der Waals surface area contributed by atoms with E-state index in [-0.39, 0.29) is 11.3 Å². The van der Waals surface area contributed by atoms with Crippen molar-refractivity contribution in [3.05, 3.63) is 48.2 Å². The number of halogens is 1. The third-order valence-electron chi connectivity index (χ3n) is 2.25. The van der Waals surface area contributed by atoms with E-state index in [9.17, 15) is 9.18 Å². The molecule has 0 aliphatic rings. The molecule has 2 rings (SSSR count). The molecule has 2 aromatic heterocycles. The molecule has 0 spiro atoms. The van der Waals surface area contributed by atoms with Gasteiger partial charge in [0, 0.05) is 24.2 Å². The number of aromatic nitrogens is 2. The lowest BCUT2D eigenvalue weighted by Crippen LogP contribution is -2.06. The lowest BCUT2D eigenvalue weighted by Gasteiger charge is -2.05. The van der Waals surface area contributed by atoms with E-state index < -0.39 is 11.8 Å². The average Bonchev–Trinajstić information content (AvgIpc) is 2.39. The van der Waals surface area contributed by atoms with Gasteiger partial charge in [-0.2, -0.15) is 0 Å². The number of ether oxygens (including phenoxy) is 1.